The normalized spacial score (nSPS) is 11.4. The van der Waals surface area contributed by atoms with Gasteiger partial charge in [-0.3, -0.25) is 0 Å². The molecular weight excluding hydrogens is 340 g/mol. The van der Waals surface area contributed by atoms with Crippen molar-refractivity contribution >= 4 is 33.8 Å². The van der Waals surface area contributed by atoms with Gasteiger partial charge in [-0.1, -0.05) is 23.7 Å². The molecule has 1 N–H and O–H groups in total. The predicted molar refractivity (Wildman–Crippen MR) is 87.1 cm³/mol. The Balaban J connectivity index is 2.06. The molecule has 6 nitrogen and oxygen atoms in total. The van der Waals surface area contributed by atoms with E-state index >= 15 is 0 Å². The minimum Gasteiger partial charge on any atom is -0.465 e. The van der Waals surface area contributed by atoms with Gasteiger partial charge in [0.1, 0.15) is 0 Å². The summed E-state index contributed by atoms with van der Waals surface area (Å²) in [5.41, 5.74) is 1.02. The Morgan fingerprint density at radius 3 is 2.30 bits per heavy atom. The molecule has 2 rings (SSSR count). The molecule has 0 aliphatic rings. The number of esters is 1. The number of rotatable bonds is 5. The summed E-state index contributed by atoms with van der Waals surface area (Å²) in [6.07, 6.45) is 1.33. The van der Waals surface area contributed by atoms with Gasteiger partial charge in [0.2, 0.25) is 0 Å². The first-order valence-electron chi connectivity index (χ1n) is 6.41. The molecule has 23 heavy (non-hydrogen) atoms. The fourth-order valence-corrected chi connectivity index (χ4v) is 2.58. The van der Waals surface area contributed by atoms with Crippen molar-refractivity contribution in [1.82, 2.24) is 4.83 Å². The molecular formula is C15H13ClN2O4S. The zero-order valence-corrected chi connectivity index (χ0v) is 13.6. The topological polar surface area (TPSA) is 84.8 Å². The van der Waals surface area contributed by atoms with E-state index in [2.05, 4.69) is 14.7 Å². The number of halogens is 1. The highest BCUT2D eigenvalue weighted by Gasteiger charge is 2.12. The summed E-state index contributed by atoms with van der Waals surface area (Å²) in [4.78, 5) is 13.4. The Kier molecular flexibility index (Phi) is 5.36. The minimum atomic E-state index is -3.75. The number of hydrazone groups is 1. The van der Waals surface area contributed by atoms with Crippen LogP contribution in [0.15, 0.2) is 58.5 Å². The largest absolute Gasteiger partial charge is 0.465 e. The lowest BCUT2D eigenvalue weighted by Crippen LogP contribution is -2.18. The van der Waals surface area contributed by atoms with E-state index in [0.717, 1.165) is 0 Å². The van der Waals surface area contributed by atoms with Crippen molar-refractivity contribution in [2.45, 2.75) is 4.90 Å². The Morgan fingerprint density at radius 1 is 1.13 bits per heavy atom. The highest BCUT2D eigenvalue weighted by Crippen LogP contribution is 2.13. The number of nitrogens with zero attached hydrogens (tertiary/aromatic N) is 1. The maximum atomic E-state index is 12.0. The minimum absolute atomic E-state index is 0.0556. The predicted octanol–water partition coefficient (Wildman–Crippen LogP) is 2.44. The summed E-state index contributed by atoms with van der Waals surface area (Å²) in [5.74, 6) is -0.447. The number of carbonyl (C=O) groups excluding carboxylic acids is 1. The second-order valence-electron chi connectivity index (χ2n) is 4.42. The van der Waals surface area contributed by atoms with Crippen LogP contribution in [0.2, 0.25) is 5.02 Å². The maximum Gasteiger partial charge on any atom is 0.337 e. The lowest BCUT2D eigenvalue weighted by Gasteiger charge is -2.03. The van der Waals surface area contributed by atoms with E-state index in [9.17, 15) is 13.2 Å². The van der Waals surface area contributed by atoms with E-state index in [-0.39, 0.29) is 4.90 Å². The summed E-state index contributed by atoms with van der Waals surface area (Å²) in [5, 5.41) is 4.14. The van der Waals surface area contributed by atoms with E-state index in [4.69, 9.17) is 11.6 Å². The number of methoxy groups -OCH3 is 1. The molecule has 0 unspecified atom stereocenters. The van der Waals surface area contributed by atoms with Crippen molar-refractivity contribution in [3.05, 3.63) is 64.7 Å². The standard InChI is InChI=1S/C15H13ClN2O4S/c1-22-15(19)12-4-2-11(3-5-12)10-17-18-23(20,21)14-8-6-13(16)7-9-14/h2-10,18H,1H3. The number of ether oxygens (including phenoxy) is 1. The van der Waals surface area contributed by atoms with Crippen molar-refractivity contribution in [3.8, 4) is 0 Å². The van der Waals surface area contributed by atoms with Crippen LogP contribution in [0.4, 0.5) is 0 Å². The van der Waals surface area contributed by atoms with E-state index in [1.54, 1.807) is 24.3 Å². The highest BCUT2D eigenvalue weighted by molar-refractivity contribution is 7.89. The average molecular weight is 353 g/mol. The quantitative estimate of drug-likeness (QED) is 0.509. The smallest absolute Gasteiger partial charge is 0.337 e. The summed E-state index contributed by atoms with van der Waals surface area (Å²) in [6.45, 7) is 0. The zero-order chi connectivity index (χ0) is 16.9. The second kappa shape index (κ2) is 7.26. The Hall–Kier alpha value is -2.38. The lowest BCUT2D eigenvalue weighted by molar-refractivity contribution is 0.0600. The van der Waals surface area contributed by atoms with Crippen LogP contribution in [-0.4, -0.2) is 27.7 Å². The van der Waals surface area contributed by atoms with Gasteiger partial charge in [-0.05, 0) is 42.0 Å². The Morgan fingerprint density at radius 2 is 1.74 bits per heavy atom. The molecule has 120 valence electrons. The van der Waals surface area contributed by atoms with Gasteiger partial charge < -0.3 is 4.74 Å². The SMILES string of the molecule is COC(=O)c1ccc(C=NNS(=O)(=O)c2ccc(Cl)cc2)cc1. The van der Waals surface area contributed by atoms with Gasteiger partial charge in [0.25, 0.3) is 10.0 Å². The highest BCUT2D eigenvalue weighted by atomic mass is 35.5. The first kappa shape index (κ1) is 17.0. The fourth-order valence-electron chi connectivity index (χ4n) is 1.66. The molecule has 0 bridgehead atoms. The van der Waals surface area contributed by atoms with Gasteiger partial charge in [0, 0.05) is 5.02 Å². The van der Waals surface area contributed by atoms with E-state index in [0.29, 0.717) is 16.1 Å². The van der Waals surface area contributed by atoms with Crippen LogP contribution in [0.3, 0.4) is 0 Å². The van der Waals surface area contributed by atoms with Gasteiger partial charge in [-0.25, -0.2) is 9.63 Å². The fraction of sp³-hybridized carbons (Fsp3) is 0.0667. The van der Waals surface area contributed by atoms with Crippen LogP contribution in [0.5, 0.6) is 0 Å². The molecule has 0 amide bonds. The zero-order valence-electron chi connectivity index (χ0n) is 12.1. The monoisotopic (exact) mass is 352 g/mol. The molecule has 0 saturated heterocycles. The van der Waals surface area contributed by atoms with Crippen LogP contribution < -0.4 is 4.83 Å². The van der Waals surface area contributed by atoms with Crippen molar-refractivity contribution in [2.24, 2.45) is 5.10 Å². The molecule has 8 heteroatoms. The third-order valence-electron chi connectivity index (χ3n) is 2.84. The van der Waals surface area contributed by atoms with Crippen LogP contribution >= 0.6 is 11.6 Å². The number of hydrogen-bond donors (Lipinski definition) is 1. The molecule has 0 aromatic heterocycles. The average Bonchev–Trinajstić information content (AvgIpc) is 2.55. The summed E-state index contributed by atoms with van der Waals surface area (Å²) < 4.78 is 28.6. The number of nitrogens with one attached hydrogen (secondary N) is 1. The molecule has 0 fully saturated rings. The second-order valence-corrected chi connectivity index (χ2v) is 6.52. The van der Waals surface area contributed by atoms with Gasteiger partial charge >= 0.3 is 5.97 Å². The van der Waals surface area contributed by atoms with Crippen LogP contribution in [-0.2, 0) is 14.8 Å². The summed E-state index contributed by atoms with van der Waals surface area (Å²) >= 11 is 5.71. The third-order valence-corrected chi connectivity index (χ3v) is 4.33. The van der Waals surface area contributed by atoms with E-state index in [1.807, 2.05) is 0 Å². The van der Waals surface area contributed by atoms with Crippen LogP contribution in [0.1, 0.15) is 15.9 Å². The number of carbonyl (C=O) groups is 1. The van der Waals surface area contributed by atoms with Crippen molar-refractivity contribution in [2.75, 3.05) is 7.11 Å². The molecule has 0 radical (unpaired) electrons. The van der Waals surface area contributed by atoms with Gasteiger partial charge in [-0.2, -0.15) is 13.5 Å². The molecule has 0 aliphatic carbocycles. The molecule has 2 aromatic carbocycles. The van der Waals surface area contributed by atoms with E-state index in [1.165, 1.54) is 37.6 Å². The van der Waals surface area contributed by atoms with Gasteiger partial charge in [0.05, 0.1) is 23.8 Å². The first-order chi connectivity index (χ1) is 10.9. The number of benzene rings is 2. The van der Waals surface area contributed by atoms with E-state index < -0.39 is 16.0 Å². The maximum absolute atomic E-state index is 12.0. The molecule has 0 heterocycles. The Bertz CT molecular complexity index is 816. The first-order valence-corrected chi connectivity index (χ1v) is 8.27. The summed E-state index contributed by atoms with van der Waals surface area (Å²) in [6, 6.07) is 12.1. The van der Waals surface area contributed by atoms with Crippen molar-refractivity contribution < 1.29 is 17.9 Å². The molecule has 0 saturated carbocycles. The number of sulfonamides is 1. The number of hydrogen-bond acceptors (Lipinski definition) is 5. The van der Waals surface area contributed by atoms with Crippen LogP contribution in [0.25, 0.3) is 0 Å². The third kappa shape index (κ3) is 4.54. The van der Waals surface area contributed by atoms with Crippen molar-refractivity contribution in [3.63, 3.8) is 0 Å². The lowest BCUT2D eigenvalue weighted by atomic mass is 10.1. The molecule has 0 spiro atoms. The van der Waals surface area contributed by atoms with Crippen molar-refractivity contribution in [1.29, 1.82) is 0 Å². The molecule has 0 aliphatic heterocycles. The Labute approximate surface area is 138 Å². The molecule has 0 atom stereocenters. The van der Waals surface area contributed by atoms with Crippen LogP contribution in [0, 0.1) is 0 Å². The summed E-state index contributed by atoms with van der Waals surface area (Å²) in [7, 11) is -2.46. The van der Waals surface area contributed by atoms with Gasteiger partial charge in [-0.15, -0.1) is 0 Å². The molecule has 2 aromatic rings. The van der Waals surface area contributed by atoms with Gasteiger partial charge in [0.15, 0.2) is 0 Å².